The number of Topliss-reactive ketones (excluding diaryl/α,β-unsaturated/α-hetero) is 1. The van der Waals surface area contributed by atoms with Gasteiger partial charge in [0.1, 0.15) is 5.78 Å². The molecule has 1 aliphatic carbocycles. The normalized spacial score (nSPS) is 21.6. The van der Waals surface area contributed by atoms with Crippen molar-refractivity contribution in [3.63, 3.8) is 0 Å². The van der Waals surface area contributed by atoms with E-state index >= 15 is 0 Å². The van der Waals surface area contributed by atoms with Crippen LogP contribution >= 0.6 is 0 Å². The molecule has 1 fully saturated rings. The van der Waals surface area contributed by atoms with Crippen LogP contribution in [-0.2, 0) is 4.79 Å². The van der Waals surface area contributed by atoms with Crippen molar-refractivity contribution in [2.24, 2.45) is 5.92 Å². The molecule has 0 saturated heterocycles. The summed E-state index contributed by atoms with van der Waals surface area (Å²) in [4.78, 5) is 11.8. The molecule has 0 amide bonds. The Morgan fingerprint density at radius 2 is 1.94 bits per heavy atom. The van der Waals surface area contributed by atoms with Crippen molar-refractivity contribution in [3.8, 4) is 0 Å². The summed E-state index contributed by atoms with van der Waals surface area (Å²) in [7, 11) is 0. The lowest BCUT2D eigenvalue weighted by atomic mass is 9.95. The van der Waals surface area contributed by atoms with E-state index in [2.05, 4.69) is 24.3 Å². The lowest BCUT2D eigenvalue weighted by molar-refractivity contribution is -0.122. The molecule has 1 heteroatoms. The van der Waals surface area contributed by atoms with Crippen molar-refractivity contribution in [2.75, 3.05) is 0 Å². The van der Waals surface area contributed by atoms with Crippen LogP contribution in [0.1, 0.15) is 44.1 Å². The highest BCUT2D eigenvalue weighted by Gasteiger charge is 2.18. The molecule has 0 N–H and O–H groups in total. The predicted molar refractivity (Wildman–Crippen MR) is 71.7 cm³/mol. The van der Waals surface area contributed by atoms with Gasteiger partial charge in [-0.3, -0.25) is 4.79 Å². The van der Waals surface area contributed by atoms with Crippen molar-refractivity contribution in [3.05, 3.63) is 42.0 Å². The number of hydrogen-bond acceptors (Lipinski definition) is 1. The molecule has 1 unspecified atom stereocenters. The second-order valence-electron chi connectivity index (χ2n) is 4.81. The first-order valence-electron chi connectivity index (χ1n) is 6.60. The van der Waals surface area contributed by atoms with Crippen LogP contribution in [0.3, 0.4) is 0 Å². The Kier molecular flexibility index (Phi) is 4.54. The van der Waals surface area contributed by atoms with Crippen molar-refractivity contribution >= 4 is 11.9 Å². The second kappa shape index (κ2) is 6.39. The first-order chi connectivity index (χ1) is 8.36. The van der Waals surface area contributed by atoms with Crippen LogP contribution < -0.4 is 0 Å². The number of hydrogen-bond donors (Lipinski definition) is 0. The summed E-state index contributed by atoms with van der Waals surface area (Å²) in [5.41, 5.74) is 1.22. The number of carbonyl (C=O) groups excluding carboxylic acids is 1. The molecule has 0 aromatic heterocycles. The highest BCUT2D eigenvalue weighted by Crippen LogP contribution is 2.23. The van der Waals surface area contributed by atoms with Crippen LogP contribution in [0.15, 0.2) is 36.4 Å². The first-order valence-corrected chi connectivity index (χ1v) is 6.60. The Morgan fingerprint density at radius 3 is 2.76 bits per heavy atom. The van der Waals surface area contributed by atoms with E-state index in [-0.39, 0.29) is 5.92 Å². The van der Waals surface area contributed by atoms with Gasteiger partial charge in [-0.1, -0.05) is 55.3 Å². The largest absolute Gasteiger partial charge is 0.299 e. The summed E-state index contributed by atoms with van der Waals surface area (Å²) in [5, 5.41) is 0. The summed E-state index contributed by atoms with van der Waals surface area (Å²) in [6.45, 7) is 0. The minimum atomic E-state index is 0.275. The van der Waals surface area contributed by atoms with Crippen LogP contribution in [0.5, 0.6) is 0 Å². The van der Waals surface area contributed by atoms with Crippen molar-refractivity contribution in [2.45, 2.75) is 38.5 Å². The van der Waals surface area contributed by atoms with E-state index in [9.17, 15) is 4.79 Å². The van der Waals surface area contributed by atoms with E-state index in [1.165, 1.54) is 18.4 Å². The number of benzene rings is 1. The summed E-state index contributed by atoms with van der Waals surface area (Å²) in [6.07, 6.45) is 10.6. The van der Waals surface area contributed by atoms with E-state index in [0.717, 1.165) is 25.7 Å². The fourth-order valence-electron chi connectivity index (χ4n) is 2.41. The molecular weight excluding hydrogens is 208 g/mol. The van der Waals surface area contributed by atoms with Crippen molar-refractivity contribution in [1.82, 2.24) is 0 Å². The summed E-state index contributed by atoms with van der Waals surface area (Å²) in [6, 6.07) is 10.3. The van der Waals surface area contributed by atoms with Crippen LogP contribution in [-0.4, -0.2) is 5.78 Å². The zero-order chi connectivity index (χ0) is 11.9. The lowest BCUT2D eigenvalue weighted by Crippen LogP contribution is -2.11. The molecule has 1 aromatic carbocycles. The molecule has 1 aliphatic rings. The van der Waals surface area contributed by atoms with E-state index < -0.39 is 0 Å². The smallest absolute Gasteiger partial charge is 0.136 e. The van der Waals surface area contributed by atoms with Crippen molar-refractivity contribution < 1.29 is 4.79 Å². The Bertz CT molecular complexity index is 378. The van der Waals surface area contributed by atoms with E-state index in [1.807, 2.05) is 18.2 Å². The van der Waals surface area contributed by atoms with Gasteiger partial charge < -0.3 is 0 Å². The highest BCUT2D eigenvalue weighted by atomic mass is 16.1. The molecule has 1 atom stereocenters. The van der Waals surface area contributed by atoms with Gasteiger partial charge in [-0.2, -0.15) is 0 Å². The monoisotopic (exact) mass is 228 g/mol. The van der Waals surface area contributed by atoms with Crippen LogP contribution in [0.4, 0.5) is 0 Å². The summed E-state index contributed by atoms with van der Waals surface area (Å²) >= 11 is 0. The molecule has 0 bridgehead atoms. The maximum absolute atomic E-state index is 11.8. The molecule has 0 heterocycles. The summed E-state index contributed by atoms with van der Waals surface area (Å²) < 4.78 is 0. The molecule has 17 heavy (non-hydrogen) atoms. The average molecular weight is 228 g/mol. The van der Waals surface area contributed by atoms with Gasteiger partial charge in [0.15, 0.2) is 0 Å². The summed E-state index contributed by atoms with van der Waals surface area (Å²) in [5.74, 6) is 0.748. The number of carbonyl (C=O) groups is 1. The van der Waals surface area contributed by atoms with E-state index in [1.54, 1.807) is 0 Å². The third kappa shape index (κ3) is 3.85. The Hall–Kier alpha value is -1.37. The molecule has 0 spiro atoms. The van der Waals surface area contributed by atoms with E-state index in [0.29, 0.717) is 5.78 Å². The van der Waals surface area contributed by atoms with Gasteiger partial charge in [0.2, 0.25) is 0 Å². The van der Waals surface area contributed by atoms with Gasteiger partial charge in [0.05, 0.1) is 0 Å². The minimum absolute atomic E-state index is 0.275. The zero-order valence-electron chi connectivity index (χ0n) is 10.3. The second-order valence-corrected chi connectivity index (χ2v) is 4.81. The number of rotatable bonds is 3. The first kappa shape index (κ1) is 12.1. The van der Waals surface area contributed by atoms with Gasteiger partial charge >= 0.3 is 0 Å². The SMILES string of the molecule is O=C1CCCCCC1CC=Cc1ccccc1. The quantitative estimate of drug-likeness (QED) is 0.707. The lowest BCUT2D eigenvalue weighted by Gasteiger charge is -2.09. The molecule has 1 aromatic rings. The molecule has 1 saturated carbocycles. The predicted octanol–water partition coefficient (Wildman–Crippen LogP) is 4.24. The van der Waals surface area contributed by atoms with Gasteiger partial charge in [-0.05, 0) is 24.8 Å². The highest BCUT2D eigenvalue weighted by molar-refractivity contribution is 5.81. The Balaban J connectivity index is 1.88. The topological polar surface area (TPSA) is 17.1 Å². The fourth-order valence-corrected chi connectivity index (χ4v) is 2.41. The van der Waals surface area contributed by atoms with Gasteiger partial charge in [-0.15, -0.1) is 0 Å². The van der Waals surface area contributed by atoms with Gasteiger partial charge in [-0.25, -0.2) is 0 Å². The third-order valence-corrected chi connectivity index (χ3v) is 3.46. The van der Waals surface area contributed by atoms with Gasteiger partial charge in [0, 0.05) is 12.3 Å². The molecule has 90 valence electrons. The van der Waals surface area contributed by atoms with Crippen LogP contribution in [0.25, 0.3) is 6.08 Å². The molecule has 2 rings (SSSR count). The molecular formula is C16H20O. The van der Waals surface area contributed by atoms with Crippen molar-refractivity contribution in [1.29, 1.82) is 0 Å². The Labute approximate surface area is 104 Å². The van der Waals surface area contributed by atoms with Crippen LogP contribution in [0.2, 0.25) is 0 Å². The zero-order valence-corrected chi connectivity index (χ0v) is 10.3. The van der Waals surface area contributed by atoms with Gasteiger partial charge in [0.25, 0.3) is 0 Å². The van der Waals surface area contributed by atoms with E-state index in [4.69, 9.17) is 0 Å². The third-order valence-electron chi connectivity index (χ3n) is 3.46. The fraction of sp³-hybridized carbons (Fsp3) is 0.438. The standard InChI is InChI=1S/C16H20O/c17-16-13-6-2-5-11-15(16)12-7-10-14-8-3-1-4-9-14/h1,3-4,7-10,15H,2,5-6,11-13H2. The Morgan fingerprint density at radius 1 is 1.12 bits per heavy atom. The maximum Gasteiger partial charge on any atom is 0.136 e. The number of allylic oxidation sites excluding steroid dienone is 1. The molecule has 0 radical (unpaired) electrons. The molecule has 1 nitrogen and oxygen atoms in total. The van der Waals surface area contributed by atoms with Crippen LogP contribution in [0, 0.1) is 5.92 Å². The minimum Gasteiger partial charge on any atom is -0.299 e. The number of ketones is 1. The average Bonchev–Trinajstić information content (AvgIpc) is 2.56. The maximum atomic E-state index is 11.8. The molecule has 0 aliphatic heterocycles.